The van der Waals surface area contributed by atoms with Gasteiger partial charge in [-0.25, -0.2) is 8.42 Å². The lowest BCUT2D eigenvalue weighted by atomic mass is 10.5. The second-order valence-electron chi connectivity index (χ2n) is 3.46. The Hall–Kier alpha value is -0.130. The highest BCUT2D eigenvalue weighted by Gasteiger charge is 2.25. The zero-order chi connectivity index (χ0) is 9.90. The molecule has 1 rings (SSSR count). The minimum absolute atomic E-state index is 0.328. The molecule has 1 heterocycles. The van der Waals surface area contributed by atoms with Gasteiger partial charge in [0.05, 0.1) is 11.9 Å². The predicted octanol–water partition coefficient (Wildman–Crippen LogP) is 0.447. The van der Waals surface area contributed by atoms with Crippen LogP contribution in [0.1, 0.15) is 20.3 Å². The molecule has 0 radical (unpaired) electrons. The first-order chi connectivity index (χ1) is 6.05. The highest BCUT2D eigenvalue weighted by Crippen LogP contribution is 2.10. The second kappa shape index (κ2) is 4.39. The van der Waals surface area contributed by atoms with Crippen molar-refractivity contribution in [3.05, 3.63) is 0 Å². The van der Waals surface area contributed by atoms with Gasteiger partial charge in [-0.15, -0.1) is 0 Å². The third kappa shape index (κ3) is 2.65. The van der Waals surface area contributed by atoms with E-state index in [0.717, 1.165) is 6.42 Å². The van der Waals surface area contributed by atoms with E-state index in [4.69, 9.17) is 4.74 Å². The first kappa shape index (κ1) is 10.9. The Bertz CT molecular complexity index is 240. The molecule has 1 aliphatic rings. The van der Waals surface area contributed by atoms with Crippen molar-refractivity contribution in [3.63, 3.8) is 0 Å². The van der Waals surface area contributed by atoms with Crippen molar-refractivity contribution in [2.24, 2.45) is 0 Å². The highest BCUT2D eigenvalue weighted by atomic mass is 32.2. The average molecular weight is 207 g/mol. The minimum Gasteiger partial charge on any atom is -0.380 e. The van der Waals surface area contributed by atoms with Crippen LogP contribution in [-0.2, 0) is 14.8 Å². The molecule has 0 amide bonds. The molecule has 1 saturated heterocycles. The lowest BCUT2D eigenvalue weighted by molar-refractivity contribution is 0.148. The summed E-state index contributed by atoms with van der Waals surface area (Å²) in [6.07, 6.45) is 0.798. The number of rotatable bonds is 2. The molecule has 13 heavy (non-hydrogen) atoms. The van der Waals surface area contributed by atoms with Gasteiger partial charge in [0.1, 0.15) is 0 Å². The van der Waals surface area contributed by atoms with E-state index in [1.54, 1.807) is 13.8 Å². The van der Waals surface area contributed by atoms with E-state index in [1.807, 2.05) is 0 Å². The number of ether oxygens (including phenoxy) is 1. The van der Waals surface area contributed by atoms with E-state index in [9.17, 15) is 8.42 Å². The summed E-state index contributed by atoms with van der Waals surface area (Å²) in [6, 6.07) is 0. The Morgan fingerprint density at radius 1 is 1.23 bits per heavy atom. The van der Waals surface area contributed by atoms with E-state index in [-0.39, 0.29) is 5.25 Å². The van der Waals surface area contributed by atoms with Crippen molar-refractivity contribution in [1.82, 2.24) is 4.31 Å². The molecule has 0 atom stereocenters. The molecular weight excluding hydrogens is 190 g/mol. The lowest BCUT2D eigenvalue weighted by Crippen LogP contribution is -2.37. The van der Waals surface area contributed by atoms with Crippen LogP contribution < -0.4 is 0 Å². The molecule has 1 fully saturated rings. The van der Waals surface area contributed by atoms with Gasteiger partial charge in [0, 0.05) is 19.7 Å². The molecule has 0 aliphatic carbocycles. The smallest absolute Gasteiger partial charge is 0.216 e. The van der Waals surface area contributed by atoms with E-state index in [1.165, 1.54) is 4.31 Å². The molecule has 4 nitrogen and oxygen atoms in total. The first-order valence-electron chi connectivity index (χ1n) is 4.62. The maximum Gasteiger partial charge on any atom is 0.216 e. The van der Waals surface area contributed by atoms with Crippen LogP contribution >= 0.6 is 0 Å². The van der Waals surface area contributed by atoms with E-state index < -0.39 is 10.0 Å². The van der Waals surface area contributed by atoms with Gasteiger partial charge in [0.15, 0.2) is 0 Å². The quantitative estimate of drug-likeness (QED) is 0.660. The molecule has 5 heteroatoms. The third-order valence-electron chi connectivity index (χ3n) is 2.14. The van der Waals surface area contributed by atoms with Crippen LogP contribution in [0.3, 0.4) is 0 Å². The van der Waals surface area contributed by atoms with Gasteiger partial charge in [-0.2, -0.15) is 4.31 Å². The summed E-state index contributed by atoms with van der Waals surface area (Å²) in [6.45, 7) is 5.71. The molecule has 1 aliphatic heterocycles. The maximum absolute atomic E-state index is 11.7. The van der Waals surface area contributed by atoms with Gasteiger partial charge in [-0.05, 0) is 20.3 Å². The van der Waals surface area contributed by atoms with Gasteiger partial charge in [0.25, 0.3) is 0 Å². The van der Waals surface area contributed by atoms with Crippen molar-refractivity contribution in [2.75, 3.05) is 26.3 Å². The fourth-order valence-electron chi connectivity index (χ4n) is 1.28. The second-order valence-corrected chi connectivity index (χ2v) is 5.95. The SMILES string of the molecule is CC(C)S(=O)(=O)N1CCCOCC1. The summed E-state index contributed by atoms with van der Waals surface area (Å²) >= 11 is 0. The zero-order valence-corrected chi connectivity index (χ0v) is 9.01. The van der Waals surface area contributed by atoms with Gasteiger partial charge in [-0.3, -0.25) is 0 Å². The first-order valence-corrected chi connectivity index (χ1v) is 6.12. The minimum atomic E-state index is -3.07. The average Bonchev–Trinajstić information content (AvgIpc) is 2.31. The Kier molecular flexibility index (Phi) is 3.70. The van der Waals surface area contributed by atoms with Crippen molar-refractivity contribution < 1.29 is 13.2 Å². The number of sulfonamides is 1. The predicted molar refractivity (Wildman–Crippen MR) is 51.1 cm³/mol. The third-order valence-corrected chi connectivity index (χ3v) is 4.41. The summed E-state index contributed by atoms with van der Waals surface area (Å²) in [5.74, 6) is 0. The van der Waals surface area contributed by atoms with Crippen LogP contribution in [0.15, 0.2) is 0 Å². The molecule has 0 aromatic rings. The van der Waals surface area contributed by atoms with Crippen LogP contribution in [-0.4, -0.2) is 44.3 Å². The normalized spacial score (nSPS) is 21.8. The van der Waals surface area contributed by atoms with Crippen LogP contribution in [0.4, 0.5) is 0 Å². The Balaban J connectivity index is 2.69. The van der Waals surface area contributed by atoms with E-state index in [2.05, 4.69) is 0 Å². The Morgan fingerprint density at radius 3 is 2.54 bits per heavy atom. The topological polar surface area (TPSA) is 46.6 Å². The standard InChI is InChI=1S/C8H17NO3S/c1-8(2)13(10,11)9-4-3-6-12-7-5-9/h8H,3-7H2,1-2H3. The van der Waals surface area contributed by atoms with Crippen LogP contribution in [0.2, 0.25) is 0 Å². The van der Waals surface area contributed by atoms with E-state index >= 15 is 0 Å². The van der Waals surface area contributed by atoms with Crippen molar-refractivity contribution >= 4 is 10.0 Å². The van der Waals surface area contributed by atoms with Crippen molar-refractivity contribution in [2.45, 2.75) is 25.5 Å². The molecule has 0 spiro atoms. The summed E-state index contributed by atoms with van der Waals surface area (Å²) < 4.78 is 30.1. The van der Waals surface area contributed by atoms with Crippen LogP contribution in [0.25, 0.3) is 0 Å². The molecule has 78 valence electrons. The van der Waals surface area contributed by atoms with Gasteiger partial charge >= 0.3 is 0 Å². The van der Waals surface area contributed by atoms with Crippen LogP contribution in [0, 0.1) is 0 Å². The number of nitrogens with zero attached hydrogens (tertiary/aromatic N) is 1. The molecule has 0 N–H and O–H groups in total. The Morgan fingerprint density at radius 2 is 1.92 bits per heavy atom. The molecule has 0 saturated carbocycles. The molecule has 0 bridgehead atoms. The van der Waals surface area contributed by atoms with Crippen LogP contribution in [0.5, 0.6) is 0 Å². The van der Waals surface area contributed by atoms with Crippen molar-refractivity contribution in [3.8, 4) is 0 Å². The lowest BCUT2D eigenvalue weighted by Gasteiger charge is -2.21. The van der Waals surface area contributed by atoms with E-state index in [0.29, 0.717) is 26.3 Å². The largest absolute Gasteiger partial charge is 0.380 e. The van der Waals surface area contributed by atoms with Gasteiger partial charge < -0.3 is 4.74 Å². The molecule has 0 aromatic carbocycles. The number of hydrogen-bond acceptors (Lipinski definition) is 3. The van der Waals surface area contributed by atoms with Gasteiger partial charge in [0.2, 0.25) is 10.0 Å². The zero-order valence-electron chi connectivity index (χ0n) is 8.19. The molecular formula is C8H17NO3S. The monoisotopic (exact) mass is 207 g/mol. The summed E-state index contributed by atoms with van der Waals surface area (Å²) in [5, 5.41) is -0.328. The Labute approximate surface area is 79.9 Å². The van der Waals surface area contributed by atoms with Crippen molar-refractivity contribution in [1.29, 1.82) is 0 Å². The molecule has 0 unspecified atom stereocenters. The summed E-state index contributed by atoms with van der Waals surface area (Å²) in [4.78, 5) is 0. The summed E-state index contributed by atoms with van der Waals surface area (Å²) in [7, 11) is -3.07. The fraction of sp³-hybridized carbons (Fsp3) is 1.00. The highest BCUT2D eigenvalue weighted by molar-refractivity contribution is 7.89. The molecule has 0 aromatic heterocycles. The maximum atomic E-state index is 11.7. The van der Waals surface area contributed by atoms with Gasteiger partial charge in [-0.1, -0.05) is 0 Å². The fourth-order valence-corrected chi connectivity index (χ4v) is 2.58. The number of hydrogen-bond donors (Lipinski definition) is 0. The summed E-state index contributed by atoms with van der Waals surface area (Å²) in [5.41, 5.74) is 0.